The largest absolute Gasteiger partial charge is 0.478 e. The molecule has 0 radical (unpaired) electrons. The molecule has 1 heterocycles. The zero-order valence-corrected chi connectivity index (χ0v) is 14.1. The van der Waals surface area contributed by atoms with Crippen LogP contribution in [0.2, 0.25) is 0 Å². The van der Waals surface area contributed by atoms with E-state index in [9.17, 15) is 9.18 Å². The molecule has 0 unspecified atom stereocenters. The summed E-state index contributed by atoms with van der Waals surface area (Å²) in [7, 11) is 0. The van der Waals surface area contributed by atoms with E-state index in [0.29, 0.717) is 12.5 Å². The highest BCUT2D eigenvalue weighted by molar-refractivity contribution is 5.85. The molecule has 1 aliphatic heterocycles. The molecule has 25 heavy (non-hydrogen) atoms. The van der Waals surface area contributed by atoms with Crippen molar-refractivity contribution in [2.75, 3.05) is 13.1 Å². The van der Waals surface area contributed by atoms with E-state index in [4.69, 9.17) is 5.11 Å². The lowest BCUT2D eigenvalue weighted by Crippen LogP contribution is -2.26. The topological polar surface area (TPSA) is 40.5 Å². The lowest BCUT2D eigenvalue weighted by molar-refractivity contribution is -0.131. The van der Waals surface area contributed by atoms with E-state index in [1.807, 2.05) is 24.3 Å². The number of carboxylic acids is 1. The van der Waals surface area contributed by atoms with Gasteiger partial charge in [-0.2, -0.15) is 0 Å². The Hall–Kier alpha value is -2.46. The van der Waals surface area contributed by atoms with E-state index >= 15 is 0 Å². The summed E-state index contributed by atoms with van der Waals surface area (Å²) in [6.45, 7) is 1.87. The van der Waals surface area contributed by atoms with E-state index in [1.165, 1.54) is 11.6 Å². The van der Waals surface area contributed by atoms with E-state index in [-0.39, 0.29) is 5.82 Å². The third-order valence-electron chi connectivity index (χ3n) is 4.73. The molecule has 0 aromatic heterocycles. The minimum atomic E-state index is -0.945. The molecule has 4 heteroatoms. The van der Waals surface area contributed by atoms with Crippen molar-refractivity contribution in [1.82, 2.24) is 4.90 Å². The first kappa shape index (κ1) is 17.4. The first-order valence-electron chi connectivity index (χ1n) is 8.62. The van der Waals surface area contributed by atoms with Crippen molar-refractivity contribution in [3.8, 4) is 0 Å². The molecular weight excluding hydrogens is 317 g/mol. The predicted molar refractivity (Wildman–Crippen MR) is 96.8 cm³/mol. The molecule has 3 nitrogen and oxygen atoms in total. The molecule has 0 spiro atoms. The Kier molecular flexibility index (Phi) is 5.61. The van der Waals surface area contributed by atoms with E-state index in [1.54, 1.807) is 12.1 Å². The van der Waals surface area contributed by atoms with Crippen molar-refractivity contribution in [2.24, 2.45) is 0 Å². The summed E-state index contributed by atoms with van der Waals surface area (Å²) in [5.41, 5.74) is 2.88. The summed E-state index contributed by atoms with van der Waals surface area (Å²) in [6, 6.07) is 15.3. The lowest BCUT2D eigenvalue weighted by atomic mass is 10.0. The molecular formula is C21H22FNO2. The highest BCUT2D eigenvalue weighted by Gasteiger charge is 2.25. The Labute approximate surface area is 147 Å². The van der Waals surface area contributed by atoms with Crippen LogP contribution in [0, 0.1) is 5.82 Å². The maximum absolute atomic E-state index is 13.8. The van der Waals surface area contributed by atoms with Gasteiger partial charge >= 0.3 is 5.97 Å². The van der Waals surface area contributed by atoms with Gasteiger partial charge in [0.15, 0.2) is 0 Å². The number of halogens is 1. The van der Waals surface area contributed by atoms with Crippen LogP contribution >= 0.6 is 0 Å². The minimum absolute atomic E-state index is 0.132. The Morgan fingerprint density at radius 3 is 2.68 bits per heavy atom. The van der Waals surface area contributed by atoms with Gasteiger partial charge in [-0.05, 0) is 54.6 Å². The van der Waals surface area contributed by atoms with Crippen molar-refractivity contribution in [3.63, 3.8) is 0 Å². The van der Waals surface area contributed by atoms with Crippen LogP contribution in [0.1, 0.15) is 35.6 Å². The number of hydrogen-bond donors (Lipinski definition) is 1. The standard InChI is InChI=1S/C21H22FNO2/c22-19-5-2-1-4-17(19)13-15-23-14-3-6-20(23)18-10-7-16(8-11-18)9-12-21(24)25/h1-2,4-5,7-12,20H,3,6,13-15H2,(H,24,25)/b12-9+/t20-/m0/s1. The van der Waals surface area contributed by atoms with Crippen molar-refractivity contribution in [2.45, 2.75) is 25.3 Å². The minimum Gasteiger partial charge on any atom is -0.478 e. The van der Waals surface area contributed by atoms with Crippen LogP contribution < -0.4 is 0 Å². The highest BCUT2D eigenvalue weighted by Crippen LogP contribution is 2.32. The third kappa shape index (κ3) is 4.54. The SMILES string of the molecule is O=C(O)/C=C/c1ccc([C@@H]2CCCN2CCc2ccccc2F)cc1. The number of carbonyl (C=O) groups is 1. The van der Waals surface area contributed by atoms with Crippen molar-refractivity contribution in [1.29, 1.82) is 0 Å². The summed E-state index contributed by atoms with van der Waals surface area (Å²) in [6.07, 6.45) is 5.69. The van der Waals surface area contributed by atoms with Crippen LogP contribution in [0.3, 0.4) is 0 Å². The predicted octanol–water partition coefficient (Wildman–Crippen LogP) is 4.30. The fourth-order valence-electron chi connectivity index (χ4n) is 3.43. The van der Waals surface area contributed by atoms with Crippen LogP contribution in [0.5, 0.6) is 0 Å². The zero-order valence-electron chi connectivity index (χ0n) is 14.1. The number of nitrogens with zero attached hydrogens (tertiary/aromatic N) is 1. The maximum Gasteiger partial charge on any atom is 0.328 e. The van der Waals surface area contributed by atoms with Gasteiger partial charge in [-0.25, -0.2) is 9.18 Å². The second kappa shape index (κ2) is 8.08. The van der Waals surface area contributed by atoms with Gasteiger partial charge in [-0.15, -0.1) is 0 Å². The Morgan fingerprint density at radius 2 is 1.96 bits per heavy atom. The molecule has 3 rings (SSSR count). The Morgan fingerprint density at radius 1 is 1.20 bits per heavy atom. The first-order valence-corrected chi connectivity index (χ1v) is 8.62. The second-order valence-corrected chi connectivity index (χ2v) is 6.37. The fourth-order valence-corrected chi connectivity index (χ4v) is 3.43. The molecule has 0 saturated carbocycles. The van der Waals surface area contributed by atoms with Crippen molar-refractivity contribution in [3.05, 3.63) is 77.1 Å². The molecule has 1 aliphatic rings. The number of aliphatic carboxylic acids is 1. The van der Waals surface area contributed by atoms with Gasteiger partial charge in [0.1, 0.15) is 5.82 Å². The van der Waals surface area contributed by atoms with Crippen molar-refractivity contribution >= 4 is 12.0 Å². The van der Waals surface area contributed by atoms with Crippen molar-refractivity contribution < 1.29 is 14.3 Å². The summed E-state index contributed by atoms with van der Waals surface area (Å²) >= 11 is 0. The van der Waals surface area contributed by atoms with Crippen LogP contribution in [0.15, 0.2) is 54.6 Å². The van der Waals surface area contributed by atoms with Gasteiger partial charge in [0, 0.05) is 18.7 Å². The zero-order chi connectivity index (χ0) is 17.6. The number of hydrogen-bond acceptors (Lipinski definition) is 2. The number of likely N-dealkylation sites (tertiary alicyclic amines) is 1. The normalized spacial score (nSPS) is 18.0. The fraction of sp³-hybridized carbons (Fsp3) is 0.286. The van der Waals surface area contributed by atoms with Crippen LogP contribution in [0.4, 0.5) is 4.39 Å². The maximum atomic E-state index is 13.8. The van der Waals surface area contributed by atoms with Gasteiger partial charge in [0.25, 0.3) is 0 Å². The van der Waals surface area contributed by atoms with Crippen LogP contribution in [-0.4, -0.2) is 29.1 Å². The molecule has 1 N–H and O–H groups in total. The number of rotatable bonds is 6. The van der Waals surface area contributed by atoms with E-state index in [2.05, 4.69) is 17.0 Å². The molecule has 130 valence electrons. The molecule has 0 aliphatic carbocycles. The summed E-state index contributed by atoms with van der Waals surface area (Å²) in [5, 5.41) is 8.69. The number of benzene rings is 2. The van der Waals surface area contributed by atoms with Gasteiger partial charge < -0.3 is 5.11 Å². The number of carboxylic acid groups (broad SMARTS) is 1. The molecule has 2 aromatic carbocycles. The van der Waals surface area contributed by atoms with Crippen LogP contribution in [-0.2, 0) is 11.2 Å². The second-order valence-electron chi connectivity index (χ2n) is 6.37. The lowest BCUT2D eigenvalue weighted by Gasteiger charge is -2.25. The summed E-state index contributed by atoms with van der Waals surface area (Å²) in [4.78, 5) is 13.0. The Balaban J connectivity index is 1.65. The summed E-state index contributed by atoms with van der Waals surface area (Å²) in [5.74, 6) is -1.08. The van der Waals surface area contributed by atoms with Gasteiger partial charge in [0.05, 0.1) is 0 Å². The average molecular weight is 339 g/mol. The molecule has 1 fully saturated rings. The van der Waals surface area contributed by atoms with Gasteiger partial charge in [-0.1, -0.05) is 42.5 Å². The first-order chi connectivity index (χ1) is 12.1. The average Bonchev–Trinajstić information content (AvgIpc) is 3.08. The van der Waals surface area contributed by atoms with Gasteiger partial charge in [0.2, 0.25) is 0 Å². The van der Waals surface area contributed by atoms with E-state index in [0.717, 1.165) is 43.1 Å². The van der Waals surface area contributed by atoms with Crippen LogP contribution in [0.25, 0.3) is 6.08 Å². The van der Waals surface area contributed by atoms with Gasteiger partial charge in [-0.3, -0.25) is 4.90 Å². The van der Waals surface area contributed by atoms with E-state index < -0.39 is 5.97 Å². The molecule has 0 bridgehead atoms. The molecule has 0 amide bonds. The Bertz CT molecular complexity index is 755. The quantitative estimate of drug-likeness (QED) is 0.798. The highest BCUT2D eigenvalue weighted by atomic mass is 19.1. The third-order valence-corrected chi connectivity index (χ3v) is 4.73. The summed E-state index contributed by atoms with van der Waals surface area (Å²) < 4.78 is 13.8. The molecule has 1 saturated heterocycles. The smallest absolute Gasteiger partial charge is 0.328 e. The monoisotopic (exact) mass is 339 g/mol. The molecule has 2 aromatic rings. The molecule has 1 atom stereocenters.